The van der Waals surface area contributed by atoms with Crippen molar-refractivity contribution in [2.24, 2.45) is 0 Å². The van der Waals surface area contributed by atoms with E-state index >= 15 is 0 Å². The van der Waals surface area contributed by atoms with Crippen LogP contribution in [0, 0.1) is 27.7 Å². The molecule has 312 valence electrons. The second-order valence-electron chi connectivity index (χ2n) is 20.1. The lowest BCUT2D eigenvalue weighted by Crippen LogP contribution is -2.63. The highest BCUT2D eigenvalue weighted by molar-refractivity contribution is 7.00. The van der Waals surface area contributed by atoms with E-state index in [1.54, 1.807) is 11.1 Å². The maximum atomic E-state index is 2.65. The molecule has 0 bridgehead atoms. The van der Waals surface area contributed by atoms with Crippen LogP contribution in [0.3, 0.4) is 0 Å². The van der Waals surface area contributed by atoms with Crippen molar-refractivity contribution < 1.29 is 0 Å². The van der Waals surface area contributed by atoms with Crippen LogP contribution in [0.15, 0.2) is 170 Å². The van der Waals surface area contributed by atoms with Gasteiger partial charge in [-0.2, -0.15) is 0 Å². The third-order valence-corrected chi connectivity index (χ3v) is 24.0. The molecule has 0 radical (unpaired) electrons. The zero-order valence-corrected chi connectivity index (χ0v) is 40.6. The molecule has 0 atom stereocenters. The van der Waals surface area contributed by atoms with Gasteiger partial charge in [-0.3, -0.25) is 0 Å². The summed E-state index contributed by atoms with van der Waals surface area (Å²) in [6.07, 6.45) is 0. The summed E-state index contributed by atoms with van der Waals surface area (Å²) in [5.41, 5.74) is 18.2. The quantitative estimate of drug-likeness (QED) is 0.111. The molecule has 9 aromatic carbocycles. The fourth-order valence-corrected chi connectivity index (χ4v) is 24.8. The van der Waals surface area contributed by atoms with E-state index in [-0.39, 0.29) is 4.66 Å². The van der Waals surface area contributed by atoms with Crippen LogP contribution in [0.2, 0.25) is 39.3 Å². The highest BCUT2D eigenvalue weighted by atomic mass is 28.4. The van der Waals surface area contributed by atoms with Crippen molar-refractivity contribution in [2.75, 3.05) is 9.80 Å². The highest BCUT2D eigenvalue weighted by Gasteiger charge is 2.60. The molecule has 0 heterocycles. The van der Waals surface area contributed by atoms with Crippen molar-refractivity contribution in [1.82, 2.24) is 0 Å². The van der Waals surface area contributed by atoms with Crippen LogP contribution in [-0.4, -0.2) is 16.1 Å². The Kier molecular flexibility index (Phi) is 9.70. The number of hydrogen-bond acceptors (Lipinski definition) is 2. The number of aryl methyl sites for hydroxylation is 4. The van der Waals surface area contributed by atoms with Gasteiger partial charge in [0.15, 0.2) is 0 Å². The van der Waals surface area contributed by atoms with Crippen LogP contribution in [0.25, 0.3) is 43.4 Å². The van der Waals surface area contributed by atoms with Crippen molar-refractivity contribution in [1.29, 1.82) is 0 Å². The molecule has 0 amide bonds. The summed E-state index contributed by atoms with van der Waals surface area (Å²) in [4.78, 5) is 4.91. The number of nitrogens with zero attached hydrogens (tertiary/aromatic N) is 2. The first-order valence-electron chi connectivity index (χ1n) is 22.6. The van der Waals surface area contributed by atoms with Crippen LogP contribution in [0.4, 0.5) is 34.1 Å². The molecule has 2 nitrogen and oxygen atoms in total. The van der Waals surface area contributed by atoms with E-state index in [4.69, 9.17) is 0 Å². The summed E-state index contributed by atoms with van der Waals surface area (Å²) >= 11 is 0. The lowest BCUT2D eigenvalue weighted by atomic mass is 9.91. The summed E-state index contributed by atoms with van der Waals surface area (Å²) in [5, 5.41) is 8.10. The van der Waals surface area contributed by atoms with Crippen molar-refractivity contribution in [2.45, 2.75) is 71.6 Å². The highest BCUT2D eigenvalue weighted by Crippen LogP contribution is 2.63. The van der Waals surface area contributed by atoms with E-state index in [0.717, 1.165) is 5.69 Å². The maximum Gasteiger partial charge on any atom is 0.0579 e. The second kappa shape index (κ2) is 15.0. The molecule has 1 aliphatic rings. The van der Waals surface area contributed by atoms with Crippen molar-refractivity contribution >= 4 is 82.6 Å². The molecule has 0 aromatic heterocycles. The van der Waals surface area contributed by atoms with Crippen molar-refractivity contribution in [3.63, 3.8) is 0 Å². The molecule has 0 unspecified atom stereocenters. The first-order valence-corrected chi connectivity index (χ1v) is 29.6. The average molecular weight is 851 g/mol. The Balaban J connectivity index is 1.27. The monoisotopic (exact) mass is 850 g/mol. The van der Waals surface area contributed by atoms with Gasteiger partial charge in [0.2, 0.25) is 0 Å². The zero-order chi connectivity index (χ0) is 44.0. The fraction of sp³-hybridized carbons (Fsp3) is 0.186. The number of benzene rings is 9. The molecule has 0 aliphatic heterocycles. The van der Waals surface area contributed by atoms with E-state index < -0.39 is 16.1 Å². The first-order chi connectivity index (χ1) is 30.2. The Morgan fingerprint density at radius 3 is 1.40 bits per heavy atom. The second-order valence-corrected chi connectivity index (χ2v) is 31.1. The van der Waals surface area contributed by atoms with Crippen LogP contribution in [-0.2, 0) is 4.66 Å². The minimum absolute atomic E-state index is 0.0893. The van der Waals surface area contributed by atoms with Gasteiger partial charge in [0.05, 0.1) is 16.1 Å². The lowest BCUT2D eigenvalue weighted by Gasteiger charge is -2.52. The largest absolute Gasteiger partial charge is 0.310 e. The summed E-state index contributed by atoms with van der Waals surface area (Å²) in [5.74, 6) is 0. The van der Waals surface area contributed by atoms with Crippen LogP contribution < -0.4 is 9.80 Å². The average Bonchev–Trinajstić information content (AvgIpc) is 3.61. The molecule has 0 N–H and O–H groups in total. The first kappa shape index (κ1) is 40.8. The van der Waals surface area contributed by atoms with Gasteiger partial charge in [-0.15, -0.1) is 0 Å². The van der Waals surface area contributed by atoms with E-state index in [0.29, 0.717) is 0 Å². The molecule has 4 heteroatoms. The minimum atomic E-state index is -2.10. The molecule has 0 saturated carbocycles. The maximum absolute atomic E-state index is 2.65. The van der Waals surface area contributed by atoms with Gasteiger partial charge in [-0.05, 0) is 165 Å². The van der Waals surface area contributed by atoms with Gasteiger partial charge in [0.1, 0.15) is 0 Å². The van der Waals surface area contributed by atoms with Gasteiger partial charge in [-0.25, -0.2) is 0 Å². The Morgan fingerprint density at radius 1 is 0.365 bits per heavy atom. The number of fused-ring (bicyclic) bond motifs is 10. The van der Waals surface area contributed by atoms with Crippen molar-refractivity contribution in [3.05, 3.63) is 203 Å². The van der Waals surface area contributed by atoms with Crippen LogP contribution in [0.5, 0.6) is 0 Å². The molecular formula is C59H58N2Si2. The van der Waals surface area contributed by atoms with Gasteiger partial charge in [0.25, 0.3) is 0 Å². The molecule has 1 aliphatic carbocycles. The molecular weight excluding hydrogens is 793 g/mol. The van der Waals surface area contributed by atoms with Gasteiger partial charge < -0.3 is 9.80 Å². The van der Waals surface area contributed by atoms with Gasteiger partial charge in [0, 0.05) is 38.8 Å². The topological polar surface area (TPSA) is 6.48 Å². The fourth-order valence-electron chi connectivity index (χ4n) is 11.7. The lowest BCUT2D eigenvalue weighted by molar-refractivity contribution is 0.973. The number of anilines is 6. The SMILES string of the molecule is Cc1ccc(C)c(N(c2ccccc2)c2ccc3c4c(ccc3c2)-c2c(c3ccc(N(c5ccccc5)c5cc(C)ccc5C)cc3c3ccccc23)C4([Si](C)(C)C)[Si](C)(C)C)c1. The number of para-hydroxylation sites is 2. The molecule has 63 heavy (non-hydrogen) atoms. The van der Waals surface area contributed by atoms with E-state index in [1.807, 2.05) is 0 Å². The molecule has 0 saturated heterocycles. The van der Waals surface area contributed by atoms with Crippen LogP contribution in [0.1, 0.15) is 33.4 Å². The van der Waals surface area contributed by atoms with Gasteiger partial charge >= 0.3 is 0 Å². The number of hydrogen-bond donors (Lipinski definition) is 0. The minimum Gasteiger partial charge on any atom is -0.310 e. The van der Waals surface area contributed by atoms with E-state index in [9.17, 15) is 0 Å². The summed E-state index contributed by atoms with van der Waals surface area (Å²) in [7, 11) is -4.20. The smallest absolute Gasteiger partial charge is 0.0579 e. The standard InChI is InChI=1S/C59H58N2Si2/c1-39-25-27-41(3)54(35-39)60(44-19-13-11-14-20-44)46-30-33-48-43(37-46)29-32-52-56-50-24-18-17-23-49(50)53-38-47(61(45-21-15-12-16-22-45)55-36-40(2)26-28-42(55)4)31-34-51(53)58(56)59(57(48)52,62(5,6)7)63(8,9)10/h11-38H,1-10H3. The molecule has 9 aromatic rings. The predicted octanol–water partition coefficient (Wildman–Crippen LogP) is 17.3. The third kappa shape index (κ3) is 6.32. The van der Waals surface area contributed by atoms with Crippen molar-refractivity contribution in [3.8, 4) is 11.1 Å². The molecule has 10 rings (SSSR count). The zero-order valence-electron chi connectivity index (χ0n) is 38.6. The predicted molar refractivity (Wildman–Crippen MR) is 280 cm³/mol. The third-order valence-electron chi connectivity index (χ3n) is 14.0. The Bertz CT molecular complexity index is 3230. The summed E-state index contributed by atoms with van der Waals surface area (Å²) in [6.45, 7) is 24.8. The Morgan fingerprint density at radius 2 is 0.857 bits per heavy atom. The Labute approximate surface area is 376 Å². The summed E-state index contributed by atoms with van der Waals surface area (Å²) in [6, 6.07) is 64.3. The normalized spacial score (nSPS) is 13.4. The van der Waals surface area contributed by atoms with Gasteiger partial charge in [-0.1, -0.05) is 148 Å². The number of rotatable bonds is 8. The summed E-state index contributed by atoms with van der Waals surface area (Å²) < 4.78 is -0.0893. The molecule has 0 spiro atoms. The molecule has 0 fully saturated rings. The van der Waals surface area contributed by atoms with E-state index in [2.05, 4.69) is 247 Å². The van der Waals surface area contributed by atoms with E-state index in [1.165, 1.54) is 94.1 Å². The Hall–Kier alpha value is -6.21. The van der Waals surface area contributed by atoms with Crippen LogP contribution >= 0.6 is 0 Å².